The van der Waals surface area contributed by atoms with Crippen molar-refractivity contribution in [3.63, 3.8) is 0 Å². The van der Waals surface area contributed by atoms with Crippen molar-refractivity contribution < 1.29 is 9.53 Å². The first-order valence-electron chi connectivity index (χ1n) is 8.82. The number of anilines is 1. The van der Waals surface area contributed by atoms with E-state index in [0.29, 0.717) is 21.5 Å². The van der Waals surface area contributed by atoms with Gasteiger partial charge in [-0.05, 0) is 42.5 Å². The van der Waals surface area contributed by atoms with Crippen LogP contribution in [0.4, 0.5) is 5.69 Å². The van der Waals surface area contributed by atoms with Crippen LogP contribution in [0.2, 0.25) is 5.02 Å². The molecule has 30 heavy (non-hydrogen) atoms. The number of nitrogens with zero attached hydrogens (tertiary/aromatic N) is 4. The zero-order chi connectivity index (χ0) is 20.9. The maximum atomic E-state index is 12.4. The second-order valence-corrected chi connectivity index (χ2v) is 8.47. The fraction of sp³-hybridized carbons (Fsp3) is 0.100. The lowest BCUT2D eigenvalue weighted by molar-refractivity contribution is 0.102. The molecule has 2 aromatic heterocycles. The monoisotopic (exact) mass is 457 g/mol. The molecular formula is C20H16ClN5O2S2. The van der Waals surface area contributed by atoms with Gasteiger partial charge < -0.3 is 10.1 Å². The first-order valence-corrected chi connectivity index (χ1v) is 11.0. The zero-order valence-corrected chi connectivity index (χ0v) is 18.2. The number of methoxy groups -OCH3 is 1. The van der Waals surface area contributed by atoms with Crippen molar-refractivity contribution in [3.05, 3.63) is 76.0 Å². The van der Waals surface area contributed by atoms with E-state index in [1.807, 2.05) is 35.0 Å². The van der Waals surface area contributed by atoms with Crippen LogP contribution in [0.1, 0.15) is 14.8 Å². The van der Waals surface area contributed by atoms with Gasteiger partial charge in [0.15, 0.2) is 5.16 Å². The smallest absolute Gasteiger partial charge is 0.286 e. The van der Waals surface area contributed by atoms with Crippen molar-refractivity contribution in [1.29, 1.82) is 0 Å². The molecule has 0 aliphatic heterocycles. The van der Waals surface area contributed by atoms with E-state index in [2.05, 4.69) is 20.5 Å². The Bertz CT molecular complexity index is 1160. The van der Waals surface area contributed by atoms with Crippen molar-refractivity contribution in [3.8, 4) is 11.4 Å². The number of rotatable bonds is 7. The van der Waals surface area contributed by atoms with Crippen molar-refractivity contribution in [2.45, 2.75) is 10.9 Å². The van der Waals surface area contributed by atoms with Gasteiger partial charge in [-0.15, -0.1) is 10.2 Å². The molecule has 0 fully saturated rings. The van der Waals surface area contributed by atoms with Crippen LogP contribution in [-0.4, -0.2) is 32.8 Å². The highest BCUT2D eigenvalue weighted by atomic mass is 35.5. The quantitative estimate of drug-likeness (QED) is 0.396. The minimum absolute atomic E-state index is 0.297. The molecule has 10 heteroatoms. The highest BCUT2D eigenvalue weighted by molar-refractivity contribution is 7.98. The molecule has 0 spiro atoms. The molecule has 0 aliphatic carbocycles. The first-order chi connectivity index (χ1) is 14.6. The van der Waals surface area contributed by atoms with E-state index in [-0.39, 0.29) is 5.91 Å². The summed E-state index contributed by atoms with van der Waals surface area (Å²) < 4.78 is 7.07. The van der Waals surface area contributed by atoms with Gasteiger partial charge in [0.05, 0.1) is 12.9 Å². The standard InChI is InChI=1S/C20H16ClN5O2S2/c1-28-16-7-5-14(6-8-16)23-18(27)19-25-24-17(30-19)12-29-20-22-9-10-26(20)15-4-2-3-13(21)11-15/h2-11H,12H2,1H3,(H,23,27). The van der Waals surface area contributed by atoms with Crippen LogP contribution in [0.25, 0.3) is 5.69 Å². The van der Waals surface area contributed by atoms with Crippen LogP contribution in [-0.2, 0) is 5.75 Å². The number of imidazole rings is 1. The number of ether oxygens (including phenoxy) is 1. The second kappa shape index (κ2) is 9.29. The molecular weight excluding hydrogens is 442 g/mol. The Balaban J connectivity index is 1.39. The number of hydrogen-bond acceptors (Lipinski definition) is 7. The number of thioether (sulfide) groups is 1. The Labute approximate surface area is 186 Å². The van der Waals surface area contributed by atoms with E-state index < -0.39 is 0 Å². The van der Waals surface area contributed by atoms with Gasteiger partial charge in [0, 0.05) is 28.8 Å². The third-order valence-electron chi connectivity index (χ3n) is 4.03. The van der Waals surface area contributed by atoms with Crippen LogP contribution < -0.4 is 10.1 Å². The predicted octanol–water partition coefficient (Wildman–Crippen LogP) is 4.93. The summed E-state index contributed by atoms with van der Waals surface area (Å²) in [5, 5.41) is 13.5. The highest BCUT2D eigenvalue weighted by Crippen LogP contribution is 2.26. The maximum absolute atomic E-state index is 12.4. The maximum Gasteiger partial charge on any atom is 0.286 e. The summed E-state index contributed by atoms with van der Waals surface area (Å²) in [5.74, 6) is 0.971. The van der Waals surface area contributed by atoms with E-state index in [1.54, 1.807) is 37.6 Å². The van der Waals surface area contributed by atoms with E-state index in [9.17, 15) is 4.79 Å². The molecule has 1 amide bonds. The van der Waals surface area contributed by atoms with Gasteiger partial charge in [0.25, 0.3) is 5.91 Å². The fourth-order valence-corrected chi connectivity index (χ4v) is 4.49. The normalized spacial score (nSPS) is 10.7. The number of carbonyl (C=O) groups excluding carboxylic acids is 1. The summed E-state index contributed by atoms with van der Waals surface area (Å²) in [7, 11) is 1.59. The van der Waals surface area contributed by atoms with Crippen LogP contribution in [0.15, 0.2) is 66.1 Å². The summed E-state index contributed by atoms with van der Waals surface area (Å²) in [5.41, 5.74) is 1.59. The van der Waals surface area contributed by atoms with Gasteiger partial charge in [-0.2, -0.15) is 0 Å². The molecule has 0 saturated carbocycles. The van der Waals surface area contributed by atoms with Gasteiger partial charge >= 0.3 is 0 Å². The predicted molar refractivity (Wildman–Crippen MR) is 119 cm³/mol. The number of halogens is 1. The van der Waals surface area contributed by atoms with Crippen LogP contribution in [0, 0.1) is 0 Å². The number of carbonyl (C=O) groups is 1. The molecule has 2 aromatic carbocycles. The molecule has 152 valence electrons. The average Bonchev–Trinajstić information content (AvgIpc) is 3.42. The Morgan fingerprint density at radius 3 is 2.83 bits per heavy atom. The topological polar surface area (TPSA) is 81.9 Å². The number of hydrogen-bond donors (Lipinski definition) is 1. The molecule has 0 radical (unpaired) electrons. The second-order valence-electron chi connectivity index (χ2n) is 6.03. The molecule has 0 atom stereocenters. The van der Waals surface area contributed by atoms with Crippen molar-refractivity contribution in [1.82, 2.24) is 19.7 Å². The molecule has 4 aromatic rings. The van der Waals surface area contributed by atoms with Crippen molar-refractivity contribution >= 4 is 46.3 Å². The Morgan fingerprint density at radius 2 is 2.07 bits per heavy atom. The summed E-state index contributed by atoms with van der Waals surface area (Å²) in [4.78, 5) is 16.8. The molecule has 1 N–H and O–H groups in total. The fourth-order valence-electron chi connectivity index (χ4n) is 2.61. The van der Waals surface area contributed by atoms with Crippen LogP contribution >= 0.6 is 34.7 Å². The molecule has 2 heterocycles. The average molecular weight is 458 g/mol. The summed E-state index contributed by atoms with van der Waals surface area (Å²) >= 11 is 8.86. The van der Waals surface area contributed by atoms with Gasteiger partial charge in [-0.25, -0.2) is 4.98 Å². The molecule has 0 saturated heterocycles. The van der Waals surface area contributed by atoms with Gasteiger partial charge in [0.2, 0.25) is 5.01 Å². The lowest BCUT2D eigenvalue weighted by Gasteiger charge is -2.07. The summed E-state index contributed by atoms with van der Waals surface area (Å²) in [6.45, 7) is 0. The number of aromatic nitrogens is 4. The summed E-state index contributed by atoms with van der Waals surface area (Å²) in [6, 6.07) is 14.6. The van der Waals surface area contributed by atoms with Gasteiger partial charge in [0.1, 0.15) is 10.8 Å². The lowest BCUT2D eigenvalue weighted by Crippen LogP contribution is -2.11. The number of amides is 1. The zero-order valence-electron chi connectivity index (χ0n) is 15.8. The Morgan fingerprint density at radius 1 is 1.23 bits per heavy atom. The Kier molecular flexibility index (Phi) is 6.32. The van der Waals surface area contributed by atoms with E-state index >= 15 is 0 Å². The van der Waals surface area contributed by atoms with Crippen molar-refractivity contribution in [2.24, 2.45) is 0 Å². The van der Waals surface area contributed by atoms with E-state index in [4.69, 9.17) is 16.3 Å². The molecule has 0 aliphatic rings. The minimum Gasteiger partial charge on any atom is -0.497 e. The SMILES string of the molecule is COc1ccc(NC(=O)c2nnc(CSc3nccn3-c3cccc(Cl)c3)s2)cc1. The molecule has 4 rings (SSSR count). The first kappa shape index (κ1) is 20.4. The number of benzene rings is 2. The molecule has 0 unspecified atom stereocenters. The van der Waals surface area contributed by atoms with Crippen molar-refractivity contribution in [2.75, 3.05) is 12.4 Å². The molecule has 0 bridgehead atoms. The number of nitrogens with one attached hydrogen (secondary N) is 1. The third-order valence-corrected chi connectivity index (χ3v) is 6.34. The van der Waals surface area contributed by atoms with Crippen LogP contribution in [0.3, 0.4) is 0 Å². The van der Waals surface area contributed by atoms with Crippen LogP contribution in [0.5, 0.6) is 5.75 Å². The van der Waals surface area contributed by atoms with Gasteiger partial charge in [-0.3, -0.25) is 9.36 Å². The van der Waals surface area contributed by atoms with Gasteiger partial charge in [-0.1, -0.05) is 40.8 Å². The summed E-state index contributed by atoms with van der Waals surface area (Å²) in [6.07, 6.45) is 3.61. The largest absolute Gasteiger partial charge is 0.497 e. The van der Waals surface area contributed by atoms with E-state index in [1.165, 1.54) is 23.1 Å². The Hall–Kier alpha value is -2.88. The highest BCUT2D eigenvalue weighted by Gasteiger charge is 2.15. The minimum atomic E-state index is -0.297. The molecule has 7 nitrogen and oxygen atoms in total. The third kappa shape index (κ3) is 4.81. The lowest BCUT2D eigenvalue weighted by atomic mass is 10.3. The van der Waals surface area contributed by atoms with E-state index in [0.717, 1.165) is 21.6 Å².